The summed E-state index contributed by atoms with van der Waals surface area (Å²) in [6.07, 6.45) is 5.07. The third kappa shape index (κ3) is 2.25. The largest absolute Gasteiger partial charge is 0.461 e. The van der Waals surface area contributed by atoms with E-state index < -0.39 is 5.97 Å². The van der Waals surface area contributed by atoms with Gasteiger partial charge >= 0.3 is 5.97 Å². The smallest absolute Gasteiger partial charge is 0.358 e. The number of benzene rings is 1. The molecule has 3 aromatic rings. The third-order valence-corrected chi connectivity index (χ3v) is 2.90. The number of hydrogen-bond acceptors (Lipinski definition) is 4. The Bertz CT molecular complexity index is 750. The number of carbonyl (C=O) groups excluding carboxylic acids is 1. The van der Waals surface area contributed by atoms with Gasteiger partial charge in [-0.05, 0) is 6.92 Å². The van der Waals surface area contributed by atoms with Crippen LogP contribution in [-0.4, -0.2) is 26.9 Å². The second kappa shape index (κ2) is 5.13. The number of hydrogen-bond donors (Lipinski definition) is 0. The molecule has 0 amide bonds. The van der Waals surface area contributed by atoms with Crippen molar-refractivity contribution in [3.8, 4) is 11.3 Å². The Hall–Kier alpha value is -2.69. The molecule has 0 radical (unpaired) electrons. The molecule has 5 heteroatoms. The fraction of sp³-hybridized carbons (Fsp3) is 0.133. The van der Waals surface area contributed by atoms with E-state index in [9.17, 15) is 4.79 Å². The van der Waals surface area contributed by atoms with Gasteiger partial charge in [0, 0.05) is 18.0 Å². The second-order valence-corrected chi connectivity index (χ2v) is 4.25. The van der Waals surface area contributed by atoms with Crippen molar-refractivity contribution in [2.24, 2.45) is 0 Å². The van der Waals surface area contributed by atoms with E-state index in [1.165, 1.54) is 0 Å². The Morgan fingerprint density at radius 2 is 2.05 bits per heavy atom. The van der Waals surface area contributed by atoms with E-state index in [1.807, 2.05) is 36.5 Å². The molecule has 0 atom stereocenters. The van der Waals surface area contributed by atoms with Crippen molar-refractivity contribution in [1.29, 1.82) is 0 Å². The fourth-order valence-electron chi connectivity index (χ4n) is 1.96. The van der Waals surface area contributed by atoms with Gasteiger partial charge < -0.3 is 9.14 Å². The van der Waals surface area contributed by atoms with Gasteiger partial charge in [0.15, 0.2) is 11.3 Å². The van der Waals surface area contributed by atoms with Gasteiger partial charge in [-0.2, -0.15) is 0 Å². The molecule has 3 rings (SSSR count). The summed E-state index contributed by atoms with van der Waals surface area (Å²) in [4.78, 5) is 20.2. The predicted molar refractivity (Wildman–Crippen MR) is 74.4 cm³/mol. The van der Waals surface area contributed by atoms with Crippen LogP contribution in [0.2, 0.25) is 0 Å². The molecule has 0 spiro atoms. The van der Waals surface area contributed by atoms with Gasteiger partial charge in [-0.1, -0.05) is 30.3 Å². The van der Waals surface area contributed by atoms with Crippen LogP contribution in [0.5, 0.6) is 0 Å². The SMILES string of the molecule is CCOC(=O)c1cn2cc(-c3ccccc3)nc2cn1. The first-order valence-corrected chi connectivity index (χ1v) is 6.35. The molecular weight excluding hydrogens is 254 g/mol. The Morgan fingerprint density at radius 3 is 2.80 bits per heavy atom. The van der Waals surface area contributed by atoms with Crippen molar-refractivity contribution in [1.82, 2.24) is 14.4 Å². The average molecular weight is 267 g/mol. The summed E-state index contributed by atoms with van der Waals surface area (Å²) in [5.74, 6) is -0.427. The molecule has 0 saturated carbocycles. The Labute approximate surface area is 115 Å². The van der Waals surface area contributed by atoms with Crippen LogP contribution in [0.15, 0.2) is 48.9 Å². The number of rotatable bonds is 3. The minimum atomic E-state index is -0.427. The van der Waals surface area contributed by atoms with Crippen LogP contribution in [0.1, 0.15) is 17.4 Å². The molecule has 5 nitrogen and oxygen atoms in total. The summed E-state index contributed by atoms with van der Waals surface area (Å²) in [5.41, 5.74) is 2.83. The topological polar surface area (TPSA) is 56.5 Å². The van der Waals surface area contributed by atoms with Gasteiger partial charge in [0.05, 0.1) is 18.5 Å². The van der Waals surface area contributed by atoms with E-state index >= 15 is 0 Å². The standard InChI is InChI=1S/C15H13N3O2/c1-2-20-15(19)13-10-18-9-12(17-14(18)8-16-13)11-6-4-3-5-7-11/h3-10H,2H2,1H3. The molecule has 0 aliphatic rings. The molecule has 0 unspecified atom stereocenters. The van der Waals surface area contributed by atoms with Crippen LogP contribution in [0.3, 0.4) is 0 Å². The van der Waals surface area contributed by atoms with Crippen molar-refractivity contribution in [3.05, 3.63) is 54.6 Å². The van der Waals surface area contributed by atoms with Gasteiger partial charge in [-0.15, -0.1) is 0 Å². The zero-order chi connectivity index (χ0) is 13.9. The van der Waals surface area contributed by atoms with Gasteiger partial charge in [-0.25, -0.2) is 14.8 Å². The number of aromatic nitrogens is 3. The number of imidazole rings is 1. The number of esters is 1. The van der Waals surface area contributed by atoms with Crippen molar-refractivity contribution < 1.29 is 9.53 Å². The normalized spacial score (nSPS) is 10.7. The maximum absolute atomic E-state index is 11.6. The summed E-state index contributed by atoms with van der Waals surface area (Å²) in [6.45, 7) is 2.10. The minimum Gasteiger partial charge on any atom is -0.461 e. The second-order valence-electron chi connectivity index (χ2n) is 4.25. The first-order chi connectivity index (χ1) is 9.78. The van der Waals surface area contributed by atoms with Crippen LogP contribution >= 0.6 is 0 Å². The number of nitrogens with zero attached hydrogens (tertiary/aromatic N) is 3. The Morgan fingerprint density at radius 1 is 1.25 bits per heavy atom. The van der Waals surface area contributed by atoms with Gasteiger partial charge in [0.1, 0.15) is 0 Å². The quantitative estimate of drug-likeness (QED) is 0.684. The monoisotopic (exact) mass is 267 g/mol. The minimum absolute atomic E-state index is 0.274. The van der Waals surface area contributed by atoms with Crippen molar-refractivity contribution in [3.63, 3.8) is 0 Å². The number of ether oxygens (including phenoxy) is 1. The van der Waals surface area contributed by atoms with Crippen molar-refractivity contribution >= 4 is 11.6 Å². The summed E-state index contributed by atoms with van der Waals surface area (Å²) >= 11 is 0. The van der Waals surface area contributed by atoms with E-state index in [-0.39, 0.29) is 5.69 Å². The summed E-state index contributed by atoms with van der Waals surface area (Å²) in [6, 6.07) is 9.85. The van der Waals surface area contributed by atoms with Crippen LogP contribution in [-0.2, 0) is 4.74 Å². The molecule has 0 bridgehead atoms. The maximum Gasteiger partial charge on any atom is 0.358 e. The molecule has 0 N–H and O–H groups in total. The Balaban J connectivity index is 2.02. The first-order valence-electron chi connectivity index (χ1n) is 6.35. The summed E-state index contributed by atoms with van der Waals surface area (Å²) < 4.78 is 6.71. The molecule has 20 heavy (non-hydrogen) atoms. The maximum atomic E-state index is 11.6. The summed E-state index contributed by atoms with van der Waals surface area (Å²) in [5, 5.41) is 0. The molecular formula is C15H13N3O2. The van der Waals surface area contributed by atoms with Crippen LogP contribution in [0, 0.1) is 0 Å². The average Bonchev–Trinajstić information content (AvgIpc) is 2.91. The molecule has 1 aromatic carbocycles. The lowest BCUT2D eigenvalue weighted by Gasteiger charge is -2.00. The zero-order valence-electron chi connectivity index (χ0n) is 11.0. The first kappa shape index (κ1) is 12.3. The number of fused-ring (bicyclic) bond motifs is 1. The van der Waals surface area contributed by atoms with E-state index in [2.05, 4.69) is 9.97 Å². The molecule has 0 fully saturated rings. The highest BCUT2D eigenvalue weighted by Crippen LogP contribution is 2.18. The predicted octanol–water partition coefficient (Wildman–Crippen LogP) is 2.57. The van der Waals surface area contributed by atoms with Crippen molar-refractivity contribution in [2.75, 3.05) is 6.61 Å². The van der Waals surface area contributed by atoms with E-state index in [4.69, 9.17) is 4.74 Å². The molecule has 2 aromatic heterocycles. The van der Waals surface area contributed by atoms with E-state index in [1.54, 1.807) is 23.7 Å². The lowest BCUT2D eigenvalue weighted by Crippen LogP contribution is -2.08. The lowest BCUT2D eigenvalue weighted by molar-refractivity contribution is 0.0519. The van der Waals surface area contributed by atoms with Crippen LogP contribution < -0.4 is 0 Å². The fourth-order valence-corrected chi connectivity index (χ4v) is 1.96. The molecule has 0 aliphatic carbocycles. The highest BCUT2D eigenvalue weighted by atomic mass is 16.5. The third-order valence-electron chi connectivity index (χ3n) is 2.90. The van der Waals surface area contributed by atoms with Crippen molar-refractivity contribution in [2.45, 2.75) is 6.92 Å². The molecule has 0 saturated heterocycles. The summed E-state index contributed by atoms with van der Waals surface area (Å²) in [7, 11) is 0. The van der Waals surface area contributed by atoms with Gasteiger partial charge in [0.2, 0.25) is 0 Å². The zero-order valence-corrected chi connectivity index (χ0v) is 11.0. The molecule has 0 aliphatic heterocycles. The van der Waals surface area contributed by atoms with E-state index in [0.29, 0.717) is 12.3 Å². The highest BCUT2D eigenvalue weighted by Gasteiger charge is 2.11. The van der Waals surface area contributed by atoms with E-state index in [0.717, 1.165) is 11.3 Å². The van der Waals surface area contributed by atoms with Crippen LogP contribution in [0.4, 0.5) is 0 Å². The molecule has 100 valence electrons. The lowest BCUT2D eigenvalue weighted by atomic mass is 10.2. The highest BCUT2D eigenvalue weighted by molar-refractivity contribution is 5.87. The Kier molecular flexibility index (Phi) is 3.16. The van der Waals surface area contributed by atoms with Gasteiger partial charge in [-0.3, -0.25) is 0 Å². The molecule has 2 heterocycles. The van der Waals surface area contributed by atoms with Crippen LogP contribution in [0.25, 0.3) is 16.9 Å². The van der Waals surface area contributed by atoms with Gasteiger partial charge in [0.25, 0.3) is 0 Å². The number of carbonyl (C=O) groups is 1.